The number of halogens is 1. The Bertz CT molecular complexity index is 325. The molecule has 1 rings (SSSR count). The maximum Gasteiger partial charge on any atom is 0.235 e. The average molecular weight is 276 g/mol. The van der Waals surface area contributed by atoms with Crippen molar-refractivity contribution in [3.63, 3.8) is 0 Å². The fraction of sp³-hybridized carbons (Fsp3) is 0. The van der Waals surface area contributed by atoms with E-state index in [1.165, 1.54) is 6.08 Å². The fourth-order valence-electron chi connectivity index (χ4n) is 0.666. The summed E-state index contributed by atoms with van der Waals surface area (Å²) in [5, 5.41) is 9.95. The standard InChI is InChI=1S/C7H5IN2O2/c8-7-3-6(4-9-5-7)1-2-10(11)12/h1-5H. The van der Waals surface area contributed by atoms with Crippen LogP contribution in [0.3, 0.4) is 0 Å². The van der Waals surface area contributed by atoms with Crippen molar-refractivity contribution in [2.45, 2.75) is 0 Å². The number of hydrogen-bond acceptors (Lipinski definition) is 3. The van der Waals surface area contributed by atoms with E-state index in [1.807, 2.05) is 6.07 Å². The van der Waals surface area contributed by atoms with Crippen LogP contribution >= 0.6 is 22.6 Å². The third-order valence-electron chi connectivity index (χ3n) is 1.11. The first kappa shape index (κ1) is 9.11. The monoisotopic (exact) mass is 276 g/mol. The third kappa shape index (κ3) is 2.95. The minimum absolute atomic E-state index is 0.500. The number of pyridine rings is 1. The number of rotatable bonds is 2. The van der Waals surface area contributed by atoms with Crippen LogP contribution in [0, 0.1) is 13.7 Å². The Balaban J connectivity index is 2.83. The van der Waals surface area contributed by atoms with E-state index < -0.39 is 4.92 Å². The van der Waals surface area contributed by atoms with Crippen LogP contribution in [0.1, 0.15) is 5.56 Å². The number of hydrogen-bond donors (Lipinski definition) is 0. The van der Waals surface area contributed by atoms with E-state index in [1.54, 1.807) is 12.4 Å². The molecule has 0 saturated carbocycles. The smallest absolute Gasteiger partial charge is 0.235 e. The highest BCUT2D eigenvalue weighted by atomic mass is 127. The summed E-state index contributed by atoms with van der Waals surface area (Å²) in [4.78, 5) is 13.3. The summed E-state index contributed by atoms with van der Waals surface area (Å²) in [6, 6.07) is 1.81. The Morgan fingerprint density at radius 3 is 2.92 bits per heavy atom. The van der Waals surface area contributed by atoms with Gasteiger partial charge in [-0.3, -0.25) is 15.1 Å². The van der Waals surface area contributed by atoms with Crippen molar-refractivity contribution in [3.8, 4) is 0 Å². The molecular formula is C7H5IN2O2. The summed E-state index contributed by atoms with van der Waals surface area (Å²) in [7, 11) is 0. The lowest BCUT2D eigenvalue weighted by Crippen LogP contribution is -1.83. The molecule has 1 aromatic heterocycles. The van der Waals surface area contributed by atoms with E-state index in [0.29, 0.717) is 0 Å². The highest BCUT2D eigenvalue weighted by Crippen LogP contribution is 2.06. The summed E-state index contributed by atoms with van der Waals surface area (Å²) < 4.78 is 0.957. The molecule has 0 amide bonds. The van der Waals surface area contributed by atoms with Gasteiger partial charge >= 0.3 is 0 Å². The number of nitrogens with zero attached hydrogens (tertiary/aromatic N) is 2. The van der Waals surface area contributed by atoms with Crippen molar-refractivity contribution in [3.05, 3.63) is 43.9 Å². The molecule has 1 aromatic rings. The maximum atomic E-state index is 9.95. The Morgan fingerprint density at radius 1 is 1.58 bits per heavy atom. The van der Waals surface area contributed by atoms with Crippen LogP contribution < -0.4 is 0 Å². The molecular weight excluding hydrogens is 271 g/mol. The van der Waals surface area contributed by atoms with Gasteiger partial charge in [-0.2, -0.15) is 0 Å². The molecule has 0 N–H and O–H groups in total. The molecule has 0 atom stereocenters. The van der Waals surface area contributed by atoms with E-state index in [4.69, 9.17) is 0 Å². The second-order valence-corrected chi connectivity index (χ2v) is 3.28. The SMILES string of the molecule is O=[N+]([O-])C=Cc1cncc(I)c1. The lowest BCUT2D eigenvalue weighted by atomic mass is 10.3. The highest BCUT2D eigenvalue weighted by Gasteiger charge is 1.91. The van der Waals surface area contributed by atoms with Crippen molar-refractivity contribution < 1.29 is 4.92 Å². The van der Waals surface area contributed by atoms with E-state index in [9.17, 15) is 10.1 Å². The highest BCUT2D eigenvalue weighted by molar-refractivity contribution is 14.1. The van der Waals surface area contributed by atoms with Crippen molar-refractivity contribution >= 4 is 28.7 Å². The Labute approximate surface area is 82.6 Å². The lowest BCUT2D eigenvalue weighted by Gasteiger charge is -1.90. The summed E-state index contributed by atoms with van der Waals surface area (Å²) >= 11 is 2.10. The van der Waals surface area contributed by atoms with Crippen molar-refractivity contribution in [2.75, 3.05) is 0 Å². The molecule has 0 aliphatic carbocycles. The summed E-state index contributed by atoms with van der Waals surface area (Å²) in [6.07, 6.45) is 5.56. The normalized spacial score (nSPS) is 10.4. The first-order valence-corrected chi connectivity index (χ1v) is 4.18. The predicted octanol–water partition coefficient (Wildman–Crippen LogP) is 1.93. The van der Waals surface area contributed by atoms with Gasteiger partial charge in [-0.25, -0.2) is 0 Å². The molecule has 0 fully saturated rings. The Morgan fingerprint density at radius 2 is 2.33 bits per heavy atom. The second-order valence-electron chi connectivity index (χ2n) is 2.04. The van der Waals surface area contributed by atoms with Crippen LogP contribution in [0.2, 0.25) is 0 Å². The van der Waals surface area contributed by atoms with Crippen molar-refractivity contribution in [1.29, 1.82) is 0 Å². The van der Waals surface area contributed by atoms with E-state index >= 15 is 0 Å². The zero-order chi connectivity index (χ0) is 8.97. The van der Waals surface area contributed by atoms with Crippen LogP contribution in [0.4, 0.5) is 0 Å². The molecule has 0 saturated heterocycles. The first-order valence-electron chi connectivity index (χ1n) is 3.11. The zero-order valence-corrected chi connectivity index (χ0v) is 8.13. The van der Waals surface area contributed by atoms with Gasteiger partial charge in [0.1, 0.15) is 0 Å². The molecule has 0 spiro atoms. The van der Waals surface area contributed by atoms with Crippen LogP contribution in [0.5, 0.6) is 0 Å². The maximum absolute atomic E-state index is 9.95. The quantitative estimate of drug-likeness (QED) is 0.471. The Kier molecular flexibility index (Phi) is 3.15. The van der Waals surface area contributed by atoms with Gasteiger partial charge in [-0.15, -0.1) is 0 Å². The first-order chi connectivity index (χ1) is 5.68. The van der Waals surface area contributed by atoms with Crippen LogP contribution in [0.15, 0.2) is 24.7 Å². The fourth-order valence-corrected chi connectivity index (χ4v) is 1.19. The zero-order valence-electron chi connectivity index (χ0n) is 5.98. The molecule has 0 aliphatic rings. The molecule has 1 heterocycles. The third-order valence-corrected chi connectivity index (χ3v) is 1.70. The molecule has 0 radical (unpaired) electrons. The summed E-state index contributed by atoms with van der Waals surface area (Å²) in [5.74, 6) is 0. The van der Waals surface area contributed by atoms with Crippen LogP contribution in [0.25, 0.3) is 6.08 Å². The largest absolute Gasteiger partial charge is 0.263 e. The van der Waals surface area contributed by atoms with Gasteiger partial charge in [0.05, 0.1) is 4.92 Å². The topological polar surface area (TPSA) is 56.0 Å². The van der Waals surface area contributed by atoms with Gasteiger partial charge in [-0.05, 0) is 34.2 Å². The van der Waals surface area contributed by atoms with Crippen LogP contribution in [-0.4, -0.2) is 9.91 Å². The predicted molar refractivity (Wildman–Crippen MR) is 53.0 cm³/mol. The minimum atomic E-state index is -0.500. The summed E-state index contributed by atoms with van der Waals surface area (Å²) in [5.41, 5.74) is 0.735. The van der Waals surface area contributed by atoms with Gasteiger partial charge in [0.25, 0.3) is 0 Å². The van der Waals surface area contributed by atoms with Gasteiger partial charge in [0, 0.05) is 22.0 Å². The van der Waals surface area contributed by atoms with Gasteiger partial charge in [0.2, 0.25) is 6.20 Å². The molecule has 4 nitrogen and oxygen atoms in total. The molecule has 5 heteroatoms. The molecule has 0 aromatic carbocycles. The molecule has 12 heavy (non-hydrogen) atoms. The second kappa shape index (κ2) is 4.15. The molecule has 62 valence electrons. The average Bonchev–Trinajstić information content (AvgIpc) is 2.01. The molecule has 0 bridgehead atoms. The lowest BCUT2D eigenvalue weighted by molar-refractivity contribution is -0.400. The summed E-state index contributed by atoms with van der Waals surface area (Å²) in [6.45, 7) is 0. The van der Waals surface area contributed by atoms with Gasteiger partial charge in [0.15, 0.2) is 0 Å². The van der Waals surface area contributed by atoms with Crippen molar-refractivity contribution in [2.24, 2.45) is 0 Å². The minimum Gasteiger partial charge on any atom is -0.263 e. The van der Waals surface area contributed by atoms with E-state index in [2.05, 4.69) is 27.6 Å². The number of nitro groups is 1. The van der Waals surface area contributed by atoms with Crippen LogP contribution in [-0.2, 0) is 0 Å². The van der Waals surface area contributed by atoms with E-state index in [0.717, 1.165) is 15.3 Å². The van der Waals surface area contributed by atoms with Gasteiger partial charge in [-0.1, -0.05) is 0 Å². The number of aromatic nitrogens is 1. The van der Waals surface area contributed by atoms with Crippen molar-refractivity contribution in [1.82, 2.24) is 4.98 Å². The van der Waals surface area contributed by atoms with E-state index in [-0.39, 0.29) is 0 Å². The molecule has 0 unspecified atom stereocenters. The Hall–Kier alpha value is -0.980. The van der Waals surface area contributed by atoms with Gasteiger partial charge < -0.3 is 0 Å². The molecule has 0 aliphatic heterocycles.